The minimum atomic E-state index is -0.0456. The Morgan fingerprint density at radius 3 is 2.65 bits per heavy atom. The van der Waals surface area contributed by atoms with Crippen molar-refractivity contribution in [2.24, 2.45) is 0 Å². The zero-order valence-electron chi connectivity index (χ0n) is 11.0. The number of anilines is 2. The van der Waals surface area contributed by atoms with Crippen molar-refractivity contribution in [3.63, 3.8) is 0 Å². The van der Waals surface area contributed by atoms with Crippen LogP contribution in [-0.2, 0) is 6.42 Å². The van der Waals surface area contributed by atoms with E-state index < -0.39 is 0 Å². The SMILES string of the molecule is Nc1ccc2c(c1)CCCN2C(=O)c1ccc(O)cc1. The van der Waals surface area contributed by atoms with Crippen LogP contribution in [0.15, 0.2) is 42.5 Å². The Bertz CT molecular complexity index is 650. The van der Waals surface area contributed by atoms with Gasteiger partial charge in [0.1, 0.15) is 5.75 Å². The van der Waals surface area contributed by atoms with Crippen molar-refractivity contribution >= 4 is 17.3 Å². The van der Waals surface area contributed by atoms with Gasteiger partial charge in [0.25, 0.3) is 5.91 Å². The molecular weight excluding hydrogens is 252 g/mol. The first kappa shape index (κ1) is 12.5. The van der Waals surface area contributed by atoms with Gasteiger partial charge in [0, 0.05) is 23.5 Å². The molecule has 1 amide bonds. The summed E-state index contributed by atoms with van der Waals surface area (Å²) in [5, 5.41) is 9.30. The molecule has 0 radical (unpaired) electrons. The fraction of sp³-hybridized carbons (Fsp3) is 0.188. The number of rotatable bonds is 1. The van der Waals surface area contributed by atoms with E-state index in [1.54, 1.807) is 17.0 Å². The van der Waals surface area contributed by atoms with Gasteiger partial charge < -0.3 is 15.7 Å². The molecule has 0 aromatic heterocycles. The molecule has 1 aliphatic heterocycles. The van der Waals surface area contributed by atoms with Crippen molar-refractivity contribution in [2.75, 3.05) is 17.2 Å². The maximum Gasteiger partial charge on any atom is 0.258 e. The number of benzene rings is 2. The van der Waals surface area contributed by atoms with Crippen molar-refractivity contribution in [3.05, 3.63) is 53.6 Å². The lowest BCUT2D eigenvalue weighted by Gasteiger charge is -2.29. The molecule has 20 heavy (non-hydrogen) atoms. The van der Waals surface area contributed by atoms with Crippen molar-refractivity contribution in [2.45, 2.75) is 12.8 Å². The van der Waals surface area contributed by atoms with Crippen LogP contribution in [0.1, 0.15) is 22.3 Å². The second-order valence-electron chi connectivity index (χ2n) is 5.00. The Hall–Kier alpha value is -2.49. The van der Waals surface area contributed by atoms with Crippen LogP contribution in [0.5, 0.6) is 5.75 Å². The maximum atomic E-state index is 12.6. The molecule has 0 atom stereocenters. The molecule has 0 spiro atoms. The van der Waals surface area contributed by atoms with E-state index >= 15 is 0 Å². The summed E-state index contributed by atoms with van der Waals surface area (Å²) in [6.07, 6.45) is 1.88. The van der Waals surface area contributed by atoms with Crippen LogP contribution < -0.4 is 10.6 Å². The molecule has 2 aromatic rings. The number of aromatic hydroxyl groups is 1. The number of nitrogens with two attached hydrogens (primary N) is 1. The summed E-state index contributed by atoms with van der Waals surface area (Å²) in [7, 11) is 0. The zero-order valence-corrected chi connectivity index (χ0v) is 11.0. The van der Waals surface area contributed by atoms with E-state index in [0.29, 0.717) is 12.1 Å². The summed E-state index contributed by atoms with van der Waals surface area (Å²) >= 11 is 0. The molecule has 1 heterocycles. The molecule has 4 nitrogen and oxygen atoms in total. The van der Waals surface area contributed by atoms with Gasteiger partial charge in [0.15, 0.2) is 0 Å². The van der Waals surface area contributed by atoms with E-state index in [0.717, 1.165) is 29.8 Å². The Labute approximate surface area is 117 Å². The first-order valence-electron chi connectivity index (χ1n) is 6.64. The monoisotopic (exact) mass is 268 g/mol. The predicted molar refractivity (Wildman–Crippen MR) is 79.0 cm³/mol. The third-order valence-corrected chi connectivity index (χ3v) is 3.58. The highest BCUT2D eigenvalue weighted by molar-refractivity contribution is 6.06. The number of fused-ring (bicyclic) bond motifs is 1. The molecule has 0 aliphatic carbocycles. The molecule has 0 fully saturated rings. The summed E-state index contributed by atoms with van der Waals surface area (Å²) in [6.45, 7) is 0.705. The molecular formula is C16H16N2O2. The lowest BCUT2D eigenvalue weighted by Crippen LogP contribution is -2.35. The normalized spacial score (nSPS) is 13.9. The van der Waals surface area contributed by atoms with Gasteiger partial charge >= 0.3 is 0 Å². The van der Waals surface area contributed by atoms with Gasteiger partial charge in [-0.1, -0.05) is 0 Å². The third kappa shape index (κ3) is 2.20. The van der Waals surface area contributed by atoms with E-state index in [1.807, 2.05) is 18.2 Å². The highest BCUT2D eigenvalue weighted by atomic mass is 16.3. The summed E-state index contributed by atoms with van der Waals surface area (Å²) < 4.78 is 0. The van der Waals surface area contributed by atoms with E-state index in [2.05, 4.69) is 0 Å². The maximum absolute atomic E-state index is 12.6. The lowest BCUT2D eigenvalue weighted by atomic mass is 10.00. The second-order valence-corrected chi connectivity index (χ2v) is 5.00. The smallest absolute Gasteiger partial charge is 0.258 e. The van der Waals surface area contributed by atoms with Gasteiger partial charge in [-0.25, -0.2) is 0 Å². The second kappa shape index (κ2) is 4.89. The van der Waals surface area contributed by atoms with E-state index in [4.69, 9.17) is 5.73 Å². The Morgan fingerprint density at radius 2 is 1.90 bits per heavy atom. The van der Waals surface area contributed by atoms with Gasteiger partial charge in [-0.05, 0) is 60.9 Å². The lowest BCUT2D eigenvalue weighted by molar-refractivity contribution is 0.0985. The number of hydrogen-bond donors (Lipinski definition) is 2. The summed E-state index contributed by atoms with van der Waals surface area (Å²) in [5.41, 5.74) is 9.15. The number of carbonyl (C=O) groups excluding carboxylic acids is 1. The molecule has 2 aromatic carbocycles. The number of phenols is 1. The fourth-order valence-corrected chi connectivity index (χ4v) is 2.59. The highest BCUT2D eigenvalue weighted by Crippen LogP contribution is 2.30. The molecule has 1 aliphatic rings. The summed E-state index contributed by atoms with van der Waals surface area (Å²) in [4.78, 5) is 14.4. The first-order chi connectivity index (χ1) is 9.65. The van der Waals surface area contributed by atoms with Gasteiger partial charge in [-0.2, -0.15) is 0 Å². The average Bonchev–Trinajstić information content (AvgIpc) is 2.46. The number of aryl methyl sites for hydroxylation is 1. The summed E-state index contributed by atoms with van der Waals surface area (Å²) in [6, 6.07) is 12.0. The zero-order chi connectivity index (χ0) is 14.1. The molecule has 3 N–H and O–H groups in total. The van der Waals surface area contributed by atoms with Crippen molar-refractivity contribution in [3.8, 4) is 5.75 Å². The van der Waals surface area contributed by atoms with Crippen molar-refractivity contribution < 1.29 is 9.90 Å². The quantitative estimate of drug-likeness (QED) is 0.781. The first-order valence-corrected chi connectivity index (χ1v) is 6.64. The Balaban J connectivity index is 1.96. The molecule has 0 saturated heterocycles. The van der Waals surface area contributed by atoms with Gasteiger partial charge in [-0.15, -0.1) is 0 Å². The number of carbonyl (C=O) groups is 1. The van der Waals surface area contributed by atoms with Crippen LogP contribution in [0.2, 0.25) is 0 Å². The van der Waals surface area contributed by atoms with Crippen LogP contribution in [0.25, 0.3) is 0 Å². The molecule has 102 valence electrons. The molecule has 0 unspecified atom stereocenters. The number of nitrogens with zero attached hydrogens (tertiary/aromatic N) is 1. The Morgan fingerprint density at radius 1 is 1.15 bits per heavy atom. The Kier molecular flexibility index (Phi) is 3.06. The minimum absolute atomic E-state index is 0.0456. The standard InChI is InChI=1S/C16H16N2O2/c17-13-5-8-15-12(10-13)2-1-9-18(15)16(20)11-3-6-14(19)7-4-11/h3-8,10,19H,1-2,9,17H2. The summed E-state index contributed by atoms with van der Waals surface area (Å²) in [5.74, 6) is 0.115. The van der Waals surface area contributed by atoms with E-state index in [-0.39, 0.29) is 11.7 Å². The highest BCUT2D eigenvalue weighted by Gasteiger charge is 2.23. The van der Waals surface area contributed by atoms with Crippen molar-refractivity contribution in [1.82, 2.24) is 0 Å². The van der Waals surface area contributed by atoms with Crippen LogP contribution >= 0.6 is 0 Å². The van der Waals surface area contributed by atoms with Gasteiger partial charge in [-0.3, -0.25) is 4.79 Å². The van der Waals surface area contributed by atoms with Crippen LogP contribution in [0.3, 0.4) is 0 Å². The molecule has 3 rings (SSSR count). The van der Waals surface area contributed by atoms with Crippen LogP contribution in [0, 0.1) is 0 Å². The number of amides is 1. The minimum Gasteiger partial charge on any atom is -0.508 e. The number of hydrogen-bond acceptors (Lipinski definition) is 3. The van der Waals surface area contributed by atoms with Crippen LogP contribution in [-0.4, -0.2) is 17.6 Å². The number of phenolic OH excluding ortho intramolecular Hbond substituents is 1. The van der Waals surface area contributed by atoms with Gasteiger partial charge in [0.05, 0.1) is 0 Å². The average molecular weight is 268 g/mol. The largest absolute Gasteiger partial charge is 0.508 e. The fourth-order valence-electron chi connectivity index (χ4n) is 2.59. The molecule has 0 saturated carbocycles. The van der Waals surface area contributed by atoms with E-state index in [1.165, 1.54) is 12.1 Å². The van der Waals surface area contributed by atoms with Gasteiger partial charge in [0.2, 0.25) is 0 Å². The third-order valence-electron chi connectivity index (χ3n) is 3.58. The van der Waals surface area contributed by atoms with Crippen LogP contribution in [0.4, 0.5) is 11.4 Å². The predicted octanol–water partition coefficient (Wildman–Crippen LogP) is 2.57. The molecule has 4 heteroatoms. The van der Waals surface area contributed by atoms with E-state index in [9.17, 15) is 9.90 Å². The molecule has 0 bridgehead atoms. The topological polar surface area (TPSA) is 66.6 Å². The number of nitrogen functional groups attached to an aromatic ring is 1. The van der Waals surface area contributed by atoms with Crippen molar-refractivity contribution in [1.29, 1.82) is 0 Å².